The molecule has 2 unspecified atom stereocenters. The molecule has 4 rings (SSSR count). The van der Waals surface area contributed by atoms with E-state index in [0.717, 1.165) is 37.7 Å². The van der Waals surface area contributed by atoms with E-state index >= 15 is 0 Å². The molecule has 0 spiro atoms. The minimum atomic E-state index is -0.501. The van der Waals surface area contributed by atoms with Crippen LogP contribution in [0.15, 0.2) is 29.1 Å². The van der Waals surface area contributed by atoms with Crippen molar-refractivity contribution >= 4 is 29.1 Å². The number of carbonyl (C=O) groups is 3. The molecule has 1 aromatic heterocycles. The second-order valence-corrected chi connectivity index (χ2v) is 10.9. The summed E-state index contributed by atoms with van der Waals surface area (Å²) < 4.78 is 8.28. The molecule has 2 bridgehead atoms. The molecule has 2 atom stereocenters. The second-order valence-electron chi connectivity index (χ2n) is 10.9. The summed E-state index contributed by atoms with van der Waals surface area (Å²) in [5, 5.41) is 3.14. The summed E-state index contributed by atoms with van der Waals surface area (Å²) in [4.78, 5) is 55.5. The van der Waals surface area contributed by atoms with Crippen molar-refractivity contribution in [3.63, 3.8) is 0 Å². The van der Waals surface area contributed by atoms with Crippen molar-refractivity contribution in [3.05, 3.63) is 34.7 Å². The highest BCUT2D eigenvalue weighted by Gasteiger charge is 2.41. The topological polar surface area (TPSA) is 109 Å². The van der Waals surface area contributed by atoms with Crippen LogP contribution in [0.2, 0.25) is 0 Å². The smallest absolute Gasteiger partial charge is 0.409 e. The molecule has 11 heteroatoms. The molecule has 0 aliphatic carbocycles. The lowest BCUT2D eigenvalue weighted by Gasteiger charge is -2.39. The van der Waals surface area contributed by atoms with Crippen LogP contribution in [0.1, 0.15) is 52.0 Å². The van der Waals surface area contributed by atoms with Crippen LogP contribution in [-0.4, -0.2) is 101 Å². The van der Waals surface area contributed by atoms with E-state index < -0.39 is 6.09 Å². The van der Waals surface area contributed by atoms with Crippen molar-refractivity contribution in [2.24, 2.45) is 0 Å². The number of likely N-dealkylation sites (N-methyl/N-ethyl adjacent to an activating group) is 2. The van der Waals surface area contributed by atoms with E-state index in [2.05, 4.69) is 10.2 Å². The van der Waals surface area contributed by atoms with Crippen LogP contribution >= 0.6 is 0 Å². The molecule has 2 aromatic rings. The quantitative estimate of drug-likeness (QED) is 0.528. The average Bonchev–Trinajstić information content (AvgIpc) is 3.29. The first kappa shape index (κ1) is 27.7. The molecule has 38 heavy (non-hydrogen) atoms. The average molecular weight is 529 g/mol. The van der Waals surface area contributed by atoms with Gasteiger partial charge in [0.05, 0.1) is 17.6 Å². The molecular weight excluding hydrogens is 488 g/mol. The summed E-state index contributed by atoms with van der Waals surface area (Å²) in [5.41, 5.74) is 1.06. The van der Waals surface area contributed by atoms with E-state index in [0.29, 0.717) is 24.0 Å². The molecule has 208 valence electrons. The minimum absolute atomic E-state index is 0.00465. The number of imidazole rings is 1. The maximum atomic E-state index is 13.3. The standard InChI is InChI=1S/C27H40N6O5/c1-18(2)32-22-9-6-7-10-23(22)33(26(32)36)25(35)28-19-15-20-11-12-21(16-19)31(20)13-8-14-38-27(37)30(5)17-24(34)29(3)4/h6-7,9-10,18-21H,8,11-17H2,1-5H3,(H,28,35). The molecule has 2 saturated heterocycles. The number of piperidine rings is 1. The van der Waals surface area contributed by atoms with Gasteiger partial charge in [-0.25, -0.2) is 19.0 Å². The fraction of sp³-hybridized carbons (Fsp3) is 0.630. The molecule has 11 nitrogen and oxygen atoms in total. The van der Waals surface area contributed by atoms with Gasteiger partial charge in [0, 0.05) is 51.9 Å². The SMILES string of the molecule is CC(C)n1c(=O)n(C(=O)NC2CC3CCC(C2)N3CCCOC(=O)N(C)CC(=O)N(C)C)c2ccccc21. The van der Waals surface area contributed by atoms with Gasteiger partial charge in [0.15, 0.2) is 0 Å². The summed E-state index contributed by atoms with van der Waals surface area (Å²) in [5.74, 6) is -0.161. The van der Waals surface area contributed by atoms with Crippen LogP contribution in [-0.2, 0) is 9.53 Å². The Bertz CT molecular complexity index is 1220. The Balaban J connectivity index is 1.29. The first-order chi connectivity index (χ1) is 18.1. The second kappa shape index (κ2) is 11.6. The summed E-state index contributed by atoms with van der Waals surface area (Å²) in [6.45, 7) is 4.96. The van der Waals surface area contributed by atoms with Crippen LogP contribution in [0.3, 0.4) is 0 Å². The van der Waals surface area contributed by atoms with Crippen LogP contribution in [0.5, 0.6) is 0 Å². The van der Waals surface area contributed by atoms with Gasteiger partial charge < -0.3 is 19.9 Å². The number of hydrogen-bond acceptors (Lipinski definition) is 6. The van der Waals surface area contributed by atoms with E-state index in [9.17, 15) is 19.2 Å². The van der Waals surface area contributed by atoms with Gasteiger partial charge in [0.1, 0.15) is 6.54 Å². The summed E-state index contributed by atoms with van der Waals surface area (Å²) >= 11 is 0. The minimum Gasteiger partial charge on any atom is -0.449 e. The normalized spacial score (nSPS) is 21.1. The zero-order valence-electron chi connectivity index (χ0n) is 23.1. The third-order valence-electron chi connectivity index (χ3n) is 7.68. The zero-order valence-corrected chi connectivity index (χ0v) is 23.1. The third kappa shape index (κ3) is 5.72. The first-order valence-corrected chi connectivity index (χ1v) is 13.4. The highest BCUT2D eigenvalue weighted by atomic mass is 16.6. The molecule has 3 heterocycles. The lowest BCUT2D eigenvalue weighted by Crippen LogP contribution is -2.52. The van der Waals surface area contributed by atoms with Crippen LogP contribution < -0.4 is 11.0 Å². The molecule has 1 aromatic carbocycles. The Morgan fingerprint density at radius 1 is 1.05 bits per heavy atom. The number of nitrogens with one attached hydrogen (secondary N) is 1. The Kier molecular flexibility index (Phi) is 8.44. The van der Waals surface area contributed by atoms with Crippen molar-refractivity contribution in [2.45, 2.75) is 70.1 Å². The Labute approximate surface area is 223 Å². The molecule has 2 aliphatic heterocycles. The maximum Gasteiger partial charge on any atom is 0.409 e. The number of amides is 3. The van der Waals surface area contributed by atoms with Crippen molar-refractivity contribution < 1.29 is 19.1 Å². The lowest BCUT2D eigenvalue weighted by atomic mass is 9.97. The van der Waals surface area contributed by atoms with Gasteiger partial charge in [-0.05, 0) is 58.1 Å². The van der Waals surface area contributed by atoms with Gasteiger partial charge in [-0.2, -0.15) is 0 Å². The lowest BCUT2D eigenvalue weighted by molar-refractivity contribution is -0.129. The van der Waals surface area contributed by atoms with Gasteiger partial charge in [-0.3, -0.25) is 14.3 Å². The highest BCUT2D eigenvalue weighted by Crippen LogP contribution is 2.35. The summed E-state index contributed by atoms with van der Waals surface area (Å²) in [6.07, 6.45) is 4.00. The van der Waals surface area contributed by atoms with E-state index in [4.69, 9.17) is 4.74 Å². The maximum absolute atomic E-state index is 13.3. The number of hydrogen-bond donors (Lipinski definition) is 1. The first-order valence-electron chi connectivity index (χ1n) is 13.4. The molecule has 0 saturated carbocycles. The molecule has 0 radical (unpaired) electrons. The predicted molar refractivity (Wildman–Crippen MR) is 144 cm³/mol. The molecular formula is C27H40N6O5. The number of carbonyl (C=O) groups excluding carboxylic acids is 3. The van der Waals surface area contributed by atoms with Gasteiger partial charge in [-0.15, -0.1) is 0 Å². The number of aromatic nitrogens is 2. The monoisotopic (exact) mass is 528 g/mol. The fourth-order valence-corrected chi connectivity index (χ4v) is 5.79. The van der Waals surface area contributed by atoms with Crippen molar-refractivity contribution in [1.29, 1.82) is 0 Å². The number of para-hydroxylation sites is 2. The Hall–Kier alpha value is -3.34. The van der Waals surface area contributed by atoms with Crippen LogP contribution in [0.4, 0.5) is 9.59 Å². The van der Waals surface area contributed by atoms with Gasteiger partial charge in [0.2, 0.25) is 5.91 Å². The third-order valence-corrected chi connectivity index (χ3v) is 7.68. The zero-order chi connectivity index (χ0) is 27.6. The van der Waals surface area contributed by atoms with Crippen LogP contribution in [0, 0.1) is 0 Å². The molecule has 1 N–H and O–H groups in total. The number of fused-ring (bicyclic) bond motifs is 3. The Morgan fingerprint density at radius 3 is 2.29 bits per heavy atom. The van der Waals surface area contributed by atoms with Gasteiger partial charge in [-0.1, -0.05) is 12.1 Å². The fourth-order valence-electron chi connectivity index (χ4n) is 5.79. The van der Waals surface area contributed by atoms with E-state index in [-0.39, 0.29) is 42.9 Å². The largest absolute Gasteiger partial charge is 0.449 e. The molecule has 2 aliphatic rings. The molecule has 2 fully saturated rings. The van der Waals surface area contributed by atoms with E-state index in [1.807, 2.05) is 38.1 Å². The van der Waals surface area contributed by atoms with Gasteiger partial charge >= 0.3 is 17.8 Å². The number of rotatable bonds is 8. The highest BCUT2D eigenvalue weighted by molar-refractivity contribution is 5.89. The van der Waals surface area contributed by atoms with Crippen molar-refractivity contribution in [3.8, 4) is 0 Å². The number of benzene rings is 1. The summed E-state index contributed by atoms with van der Waals surface area (Å²) in [6, 6.07) is 7.69. The van der Waals surface area contributed by atoms with E-state index in [1.54, 1.807) is 25.7 Å². The van der Waals surface area contributed by atoms with Crippen LogP contribution in [0.25, 0.3) is 11.0 Å². The van der Waals surface area contributed by atoms with Gasteiger partial charge in [0.25, 0.3) is 0 Å². The number of ether oxygens (including phenoxy) is 1. The van der Waals surface area contributed by atoms with E-state index in [1.165, 1.54) is 14.4 Å². The summed E-state index contributed by atoms with van der Waals surface area (Å²) in [7, 11) is 4.85. The predicted octanol–water partition coefficient (Wildman–Crippen LogP) is 2.48. The van der Waals surface area contributed by atoms with Crippen molar-refractivity contribution in [2.75, 3.05) is 40.8 Å². The van der Waals surface area contributed by atoms with Crippen molar-refractivity contribution in [1.82, 2.24) is 29.2 Å². The Morgan fingerprint density at radius 2 is 1.68 bits per heavy atom. The number of nitrogens with zero attached hydrogens (tertiary/aromatic N) is 5. The molecule has 3 amide bonds.